The van der Waals surface area contributed by atoms with Crippen LogP contribution in [-0.2, 0) is 6.54 Å². The summed E-state index contributed by atoms with van der Waals surface area (Å²) in [7, 11) is 5.37. The molecule has 0 unspecified atom stereocenters. The fourth-order valence-electron chi connectivity index (χ4n) is 1.61. The molecule has 0 aliphatic rings. The van der Waals surface area contributed by atoms with Crippen molar-refractivity contribution in [1.82, 2.24) is 10.2 Å². The number of methoxy groups -OCH3 is 1. The van der Waals surface area contributed by atoms with Crippen molar-refractivity contribution in [1.29, 1.82) is 0 Å². The summed E-state index contributed by atoms with van der Waals surface area (Å²) in [5, 5.41) is 3.18. The van der Waals surface area contributed by atoms with Crippen molar-refractivity contribution in [2.45, 2.75) is 13.2 Å². The van der Waals surface area contributed by atoms with Crippen LogP contribution in [0.1, 0.15) is 5.56 Å². The fraction of sp³-hybridized carbons (Fsp3) is 0.538. The standard InChI is InChI=1S/C13H20F2N2O2/c1-17(2)8-7-16-9-10-5-4-6-11(18-3)12(10)19-13(14)15/h4-6,13,16H,7-9H2,1-3H3. The topological polar surface area (TPSA) is 33.7 Å². The zero-order valence-electron chi connectivity index (χ0n) is 11.5. The van der Waals surface area contributed by atoms with Crippen LogP contribution < -0.4 is 14.8 Å². The number of likely N-dealkylation sites (N-methyl/N-ethyl adjacent to an activating group) is 1. The van der Waals surface area contributed by atoms with Gasteiger partial charge in [0.2, 0.25) is 0 Å². The molecule has 0 saturated carbocycles. The molecule has 0 radical (unpaired) electrons. The van der Waals surface area contributed by atoms with Crippen molar-refractivity contribution < 1.29 is 18.3 Å². The van der Waals surface area contributed by atoms with Gasteiger partial charge in [0.05, 0.1) is 7.11 Å². The first-order valence-electron chi connectivity index (χ1n) is 6.00. The van der Waals surface area contributed by atoms with Crippen LogP contribution in [0, 0.1) is 0 Å². The molecule has 0 fully saturated rings. The normalized spacial score (nSPS) is 11.1. The third kappa shape index (κ3) is 5.40. The Balaban J connectivity index is 2.70. The summed E-state index contributed by atoms with van der Waals surface area (Å²) in [5.41, 5.74) is 0.651. The molecule has 0 spiro atoms. The van der Waals surface area contributed by atoms with Gasteiger partial charge in [-0.15, -0.1) is 0 Å². The highest BCUT2D eigenvalue weighted by Crippen LogP contribution is 2.32. The molecular formula is C13H20F2N2O2. The van der Waals surface area contributed by atoms with Gasteiger partial charge in [-0.25, -0.2) is 0 Å². The summed E-state index contributed by atoms with van der Waals surface area (Å²) in [6.07, 6.45) is 0. The lowest BCUT2D eigenvalue weighted by Gasteiger charge is -2.15. The third-order valence-electron chi connectivity index (χ3n) is 2.54. The molecule has 1 aromatic carbocycles. The van der Waals surface area contributed by atoms with E-state index in [1.165, 1.54) is 7.11 Å². The molecule has 1 rings (SSSR count). The third-order valence-corrected chi connectivity index (χ3v) is 2.54. The number of hydrogen-bond acceptors (Lipinski definition) is 4. The molecule has 1 aromatic rings. The van der Waals surface area contributed by atoms with E-state index in [0.29, 0.717) is 17.9 Å². The summed E-state index contributed by atoms with van der Waals surface area (Å²) < 4.78 is 34.4. The van der Waals surface area contributed by atoms with Crippen LogP contribution in [0.15, 0.2) is 18.2 Å². The number of benzene rings is 1. The molecule has 108 valence electrons. The maximum atomic E-state index is 12.4. The van der Waals surface area contributed by atoms with Crippen molar-refractivity contribution in [2.75, 3.05) is 34.3 Å². The Labute approximate surface area is 112 Å². The van der Waals surface area contributed by atoms with E-state index in [-0.39, 0.29) is 5.75 Å². The highest BCUT2D eigenvalue weighted by molar-refractivity contribution is 5.46. The average molecular weight is 274 g/mol. The lowest BCUT2D eigenvalue weighted by Crippen LogP contribution is -2.26. The Morgan fingerprint density at radius 2 is 2.05 bits per heavy atom. The zero-order chi connectivity index (χ0) is 14.3. The van der Waals surface area contributed by atoms with Gasteiger partial charge in [0, 0.05) is 25.2 Å². The van der Waals surface area contributed by atoms with Gasteiger partial charge in [-0.05, 0) is 20.2 Å². The summed E-state index contributed by atoms with van der Waals surface area (Å²) in [5.74, 6) is 0.407. The highest BCUT2D eigenvalue weighted by Gasteiger charge is 2.14. The van der Waals surface area contributed by atoms with E-state index in [0.717, 1.165) is 13.1 Å². The maximum absolute atomic E-state index is 12.4. The maximum Gasteiger partial charge on any atom is 0.387 e. The predicted octanol–water partition coefficient (Wildman–Crippen LogP) is 1.95. The van der Waals surface area contributed by atoms with Gasteiger partial charge in [0.25, 0.3) is 0 Å². The Bertz CT molecular complexity index is 387. The van der Waals surface area contributed by atoms with Crippen LogP contribution in [0.2, 0.25) is 0 Å². The first-order chi connectivity index (χ1) is 9.04. The van der Waals surface area contributed by atoms with Crippen LogP contribution in [-0.4, -0.2) is 45.8 Å². The van der Waals surface area contributed by atoms with Crippen molar-refractivity contribution in [3.8, 4) is 11.5 Å². The molecule has 0 bridgehead atoms. The van der Waals surface area contributed by atoms with E-state index in [2.05, 4.69) is 10.1 Å². The summed E-state index contributed by atoms with van der Waals surface area (Å²) in [6.45, 7) is -0.780. The number of halogens is 2. The summed E-state index contributed by atoms with van der Waals surface area (Å²) >= 11 is 0. The van der Waals surface area contributed by atoms with E-state index in [9.17, 15) is 8.78 Å². The number of rotatable bonds is 8. The zero-order valence-corrected chi connectivity index (χ0v) is 11.5. The van der Waals surface area contributed by atoms with E-state index in [4.69, 9.17) is 4.74 Å². The minimum absolute atomic E-state index is 0.0948. The molecule has 6 heteroatoms. The second kappa shape index (κ2) is 7.91. The second-order valence-electron chi connectivity index (χ2n) is 4.31. The quantitative estimate of drug-likeness (QED) is 0.735. The molecule has 4 nitrogen and oxygen atoms in total. The van der Waals surface area contributed by atoms with Crippen LogP contribution in [0.5, 0.6) is 11.5 Å². The number of nitrogens with one attached hydrogen (secondary N) is 1. The van der Waals surface area contributed by atoms with E-state index in [1.54, 1.807) is 18.2 Å². The van der Waals surface area contributed by atoms with Gasteiger partial charge >= 0.3 is 6.61 Å². The molecule has 0 aliphatic carbocycles. The number of hydrogen-bond donors (Lipinski definition) is 1. The van der Waals surface area contributed by atoms with Gasteiger partial charge < -0.3 is 19.7 Å². The Morgan fingerprint density at radius 1 is 1.32 bits per heavy atom. The fourth-order valence-corrected chi connectivity index (χ4v) is 1.61. The van der Waals surface area contributed by atoms with Crippen molar-refractivity contribution in [2.24, 2.45) is 0 Å². The van der Waals surface area contributed by atoms with Gasteiger partial charge in [0.1, 0.15) is 0 Å². The molecular weight excluding hydrogens is 254 g/mol. The second-order valence-corrected chi connectivity index (χ2v) is 4.31. The van der Waals surface area contributed by atoms with Crippen LogP contribution >= 0.6 is 0 Å². The van der Waals surface area contributed by atoms with Gasteiger partial charge in [-0.1, -0.05) is 12.1 Å². The first kappa shape index (κ1) is 15.7. The van der Waals surface area contributed by atoms with Crippen molar-refractivity contribution in [3.63, 3.8) is 0 Å². The molecule has 0 heterocycles. The Kier molecular flexibility index (Phi) is 6.52. The number of nitrogens with zero attached hydrogens (tertiary/aromatic N) is 1. The SMILES string of the molecule is COc1cccc(CNCCN(C)C)c1OC(F)F. The molecule has 0 aromatic heterocycles. The Hall–Kier alpha value is -1.40. The smallest absolute Gasteiger partial charge is 0.387 e. The summed E-state index contributed by atoms with van der Waals surface area (Å²) in [4.78, 5) is 2.04. The molecule has 0 aliphatic heterocycles. The van der Waals surface area contributed by atoms with E-state index < -0.39 is 6.61 Å². The van der Waals surface area contributed by atoms with Crippen LogP contribution in [0.4, 0.5) is 8.78 Å². The molecule has 0 saturated heterocycles. The summed E-state index contributed by atoms with van der Waals surface area (Å²) in [6, 6.07) is 5.09. The number of para-hydroxylation sites is 1. The number of ether oxygens (including phenoxy) is 2. The molecule has 0 atom stereocenters. The minimum atomic E-state index is -2.86. The van der Waals surface area contributed by atoms with E-state index >= 15 is 0 Å². The lowest BCUT2D eigenvalue weighted by atomic mass is 10.2. The lowest BCUT2D eigenvalue weighted by molar-refractivity contribution is -0.0518. The molecule has 19 heavy (non-hydrogen) atoms. The van der Waals surface area contributed by atoms with Crippen molar-refractivity contribution in [3.05, 3.63) is 23.8 Å². The first-order valence-corrected chi connectivity index (χ1v) is 6.00. The van der Waals surface area contributed by atoms with Gasteiger partial charge in [0.15, 0.2) is 11.5 Å². The molecule has 0 amide bonds. The predicted molar refractivity (Wildman–Crippen MR) is 69.9 cm³/mol. The van der Waals surface area contributed by atoms with Crippen LogP contribution in [0.3, 0.4) is 0 Å². The molecule has 1 N–H and O–H groups in total. The highest BCUT2D eigenvalue weighted by atomic mass is 19.3. The largest absolute Gasteiger partial charge is 0.493 e. The minimum Gasteiger partial charge on any atom is -0.493 e. The van der Waals surface area contributed by atoms with E-state index in [1.807, 2.05) is 19.0 Å². The van der Waals surface area contributed by atoms with Crippen LogP contribution in [0.25, 0.3) is 0 Å². The number of alkyl halides is 2. The van der Waals surface area contributed by atoms with Gasteiger partial charge in [-0.2, -0.15) is 8.78 Å². The average Bonchev–Trinajstić information content (AvgIpc) is 2.35. The monoisotopic (exact) mass is 274 g/mol. The Morgan fingerprint density at radius 3 is 2.63 bits per heavy atom. The van der Waals surface area contributed by atoms with Gasteiger partial charge in [-0.3, -0.25) is 0 Å². The van der Waals surface area contributed by atoms with Crippen molar-refractivity contribution >= 4 is 0 Å².